The van der Waals surface area contributed by atoms with Crippen molar-refractivity contribution in [2.75, 3.05) is 0 Å². The highest BCUT2D eigenvalue weighted by atomic mass is 16.3. The summed E-state index contributed by atoms with van der Waals surface area (Å²) in [5.74, 6) is 0.635. The summed E-state index contributed by atoms with van der Waals surface area (Å²) in [6.07, 6.45) is 3.95. The van der Waals surface area contributed by atoms with E-state index in [9.17, 15) is 5.11 Å². The minimum absolute atomic E-state index is 0.413. The van der Waals surface area contributed by atoms with E-state index in [-0.39, 0.29) is 0 Å². The summed E-state index contributed by atoms with van der Waals surface area (Å²) >= 11 is 0. The minimum atomic E-state index is -0.413. The molecule has 0 saturated carbocycles. The van der Waals surface area contributed by atoms with Crippen LogP contribution in [0.25, 0.3) is 0 Å². The molecule has 1 unspecified atom stereocenters. The maximum Gasteiger partial charge on any atom is 0.0793 e. The van der Waals surface area contributed by atoms with Crippen molar-refractivity contribution < 1.29 is 5.11 Å². The quantitative estimate of drug-likeness (QED) is 0.861. The molecular formula is C18H23NO. The molecule has 106 valence electrons. The third kappa shape index (κ3) is 4.46. The van der Waals surface area contributed by atoms with Crippen LogP contribution in [0.5, 0.6) is 0 Å². The largest absolute Gasteiger partial charge is 0.388 e. The first-order chi connectivity index (χ1) is 9.65. The standard InChI is InChI=1S/C18H23NO/c1-14(2)12-15-6-5-7-16(13-15)18(20)10-9-17-8-3-4-11-19-17/h3-8,11,13-14,18,20H,9-10,12H2,1-2H3. The van der Waals surface area contributed by atoms with E-state index in [0.717, 1.165) is 24.1 Å². The van der Waals surface area contributed by atoms with Crippen molar-refractivity contribution in [2.24, 2.45) is 5.92 Å². The molecule has 0 saturated heterocycles. The Hall–Kier alpha value is -1.67. The Morgan fingerprint density at radius 3 is 2.65 bits per heavy atom. The summed E-state index contributed by atoms with van der Waals surface area (Å²) < 4.78 is 0. The fourth-order valence-electron chi connectivity index (χ4n) is 2.40. The summed E-state index contributed by atoms with van der Waals surface area (Å²) in [5.41, 5.74) is 3.35. The summed E-state index contributed by atoms with van der Waals surface area (Å²) in [4.78, 5) is 4.29. The molecule has 0 spiro atoms. The Bertz CT molecular complexity index is 522. The molecular weight excluding hydrogens is 246 g/mol. The minimum Gasteiger partial charge on any atom is -0.388 e. The molecule has 1 atom stereocenters. The van der Waals surface area contributed by atoms with E-state index in [1.807, 2.05) is 30.3 Å². The molecule has 2 aromatic rings. The first kappa shape index (κ1) is 14.7. The van der Waals surface area contributed by atoms with Crippen LogP contribution in [-0.2, 0) is 12.8 Å². The van der Waals surface area contributed by atoms with Gasteiger partial charge in [-0.25, -0.2) is 0 Å². The first-order valence-electron chi connectivity index (χ1n) is 7.32. The van der Waals surface area contributed by atoms with Gasteiger partial charge in [0.2, 0.25) is 0 Å². The van der Waals surface area contributed by atoms with Crippen LogP contribution >= 0.6 is 0 Å². The van der Waals surface area contributed by atoms with E-state index in [1.54, 1.807) is 6.20 Å². The van der Waals surface area contributed by atoms with Gasteiger partial charge in [0.1, 0.15) is 0 Å². The van der Waals surface area contributed by atoms with Crippen LogP contribution in [0.2, 0.25) is 0 Å². The lowest BCUT2D eigenvalue weighted by molar-refractivity contribution is 0.167. The monoisotopic (exact) mass is 269 g/mol. The molecule has 1 heterocycles. The van der Waals surface area contributed by atoms with Gasteiger partial charge in [-0.3, -0.25) is 4.98 Å². The number of benzene rings is 1. The third-order valence-electron chi connectivity index (χ3n) is 3.38. The van der Waals surface area contributed by atoms with Crippen molar-refractivity contribution in [3.63, 3.8) is 0 Å². The van der Waals surface area contributed by atoms with Crippen molar-refractivity contribution in [3.05, 3.63) is 65.5 Å². The van der Waals surface area contributed by atoms with Gasteiger partial charge in [0.15, 0.2) is 0 Å². The first-order valence-corrected chi connectivity index (χ1v) is 7.32. The van der Waals surface area contributed by atoms with Gasteiger partial charge >= 0.3 is 0 Å². The van der Waals surface area contributed by atoms with E-state index >= 15 is 0 Å². The zero-order valence-corrected chi connectivity index (χ0v) is 12.3. The normalized spacial score (nSPS) is 12.6. The molecule has 1 N–H and O–H groups in total. The summed E-state index contributed by atoms with van der Waals surface area (Å²) in [7, 11) is 0. The number of aliphatic hydroxyl groups is 1. The highest BCUT2D eigenvalue weighted by Crippen LogP contribution is 2.20. The van der Waals surface area contributed by atoms with Crippen LogP contribution < -0.4 is 0 Å². The molecule has 2 nitrogen and oxygen atoms in total. The van der Waals surface area contributed by atoms with E-state index in [4.69, 9.17) is 0 Å². The SMILES string of the molecule is CC(C)Cc1cccc(C(O)CCc2ccccn2)c1. The molecule has 1 aromatic heterocycles. The molecule has 20 heavy (non-hydrogen) atoms. The molecule has 2 rings (SSSR count). The highest BCUT2D eigenvalue weighted by Gasteiger charge is 2.09. The predicted octanol–water partition coefficient (Wildman–Crippen LogP) is 3.95. The average molecular weight is 269 g/mol. The Kier molecular flexibility index (Phi) is 5.31. The lowest BCUT2D eigenvalue weighted by Gasteiger charge is -2.13. The Morgan fingerprint density at radius 1 is 1.10 bits per heavy atom. The lowest BCUT2D eigenvalue weighted by Crippen LogP contribution is -2.02. The Morgan fingerprint density at radius 2 is 1.95 bits per heavy atom. The van der Waals surface area contributed by atoms with Gasteiger partial charge in [-0.1, -0.05) is 44.2 Å². The van der Waals surface area contributed by atoms with Crippen molar-refractivity contribution in [1.29, 1.82) is 0 Å². The van der Waals surface area contributed by atoms with Crippen LogP contribution in [0.3, 0.4) is 0 Å². The third-order valence-corrected chi connectivity index (χ3v) is 3.38. The van der Waals surface area contributed by atoms with E-state index < -0.39 is 6.10 Å². The summed E-state index contributed by atoms with van der Waals surface area (Å²) in [5, 5.41) is 10.3. The second-order valence-corrected chi connectivity index (χ2v) is 5.72. The second-order valence-electron chi connectivity index (χ2n) is 5.72. The van der Waals surface area contributed by atoms with Crippen LogP contribution in [0.15, 0.2) is 48.7 Å². The van der Waals surface area contributed by atoms with Crippen molar-refractivity contribution in [1.82, 2.24) is 4.98 Å². The van der Waals surface area contributed by atoms with Crippen LogP contribution in [0.4, 0.5) is 0 Å². The van der Waals surface area contributed by atoms with Crippen molar-refractivity contribution in [3.8, 4) is 0 Å². The number of rotatable bonds is 6. The topological polar surface area (TPSA) is 33.1 Å². The van der Waals surface area contributed by atoms with E-state index in [1.165, 1.54) is 5.56 Å². The van der Waals surface area contributed by atoms with E-state index in [2.05, 4.69) is 31.0 Å². The number of aliphatic hydroxyl groups excluding tert-OH is 1. The van der Waals surface area contributed by atoms with E-state index in [0.29, 0.717) is 12.3 Å². The Labute approximate surface area is 121 Å². The zero-order valence-electron chi connectivity index (χ0n) is 12.3. The lowest BCUT2D eigenvalue weighted by atomic mass is 9.97. The number of aryl methyl sites for hydroxylation is 1. The van der Waals surface area contributed by atoms with Gasteiger partial charge in [0.05, 0.1) is 6.10 Å². The summed E-state index contributed by atoms with van der Waals surface area (Å²) in [6, 6.07) is 14.2. The van der Waals surface area contributed by atoms with Gasteiger partial charge in [-0.05, 0) is 48.4 Å². The number of nitrogens with zero attached hydrogens (tertiary/aromatic N) is 1. The van der Waals surface area contributed by atoms with Gasteiger partial charge < -0.3 is 5.11 Å². The fraction of sp³-hybridized carbons (Fsp3) is 0.389. The molecule has 0 aliphatic rings. The van der Waals surface area contributed by atoms with Crippen LogP contribution in [0, 0.1) is 5.92 Å². The second kappa shape index (κ2) is 7.20. The summed E-state index contributed by atoms with van der Waals surface area (Å²) in [6.45, 7) is 4.42. The molecule has 0 aliphatic carbocycles. The fourth-order valence-corrected chi connectivity index (χ4v) is 2.40. The molecule has 0 amide bonds. The molecule has 0 fully saturated rings. The van der Waals surface area contributed by atoms with Crippen LogP contribution in [0.1, 0.15) is 43.2 Å². The molecule has 0 bridgehead atoms. The molecule has 1 aromatic carbocycles. The highest BCUT2D eigenvalue weighted by molar-refractivity contribution is 5.25. The van der Waals surface area contributed by atoms with Gasteiger partial charge in [0.25, 0.3) is 0 Å². The van der Waals surface area contributed by atoms with Crippen molar-refractivity contribution >= 4 is 0 Å². The zero-order chi connectivity index (χ0) is 14.4. The number of hydrogen-bond acceptors (Lipinski definition) is 2. The van der Waals surface area contributed by atoms with Crippen molar-refractivity contribution in [2.45, 2.75) is 39.2 Å². The number of aromatic nitrogens is 1. The molecule has 0 radical (unpaired) electrons. The maximum atomic E-state index is 10.3. The van der Waals surface area contributed by atoms with Crippen LogP contribution in [-0.4, -0.2) is 10.1 Å². The average Bonchev–Trinajstić information content (AvgIpc) is 2.45. The molecule has 0 aliphatic heterocycles. The Balaban J connectivity index is 1.96. The number of hydrogen-bond donors (Lipinski definition) is 1. The van der Waals surface area contributed by atoms with Gasteiger partial charge in [-0.2, -0.15) is 0 Å². The predicted molar refractivity (Wildman–Crippen MR) is 82.5 cm³/mol. The van der Waals surface area contributed by atoms with Gasteiger partial charge in [0, 0.05) is 11.9 Å². The number of pyridine rings is 1. The molecule has 2 heteroatoms. The van der Waals surface area contributed by atoms with Gasteiger partial charge in [-0.15, -0.1) is 0 Å². The maximum absolute atomic E-state index is 10.3. The smallest absolute Gasteiger partial charge is 0.0793 e.